The highest BCUT2D eigenvalue weighted by Crippen LogP contribution is 2.15. The van der Waals surface area contributed by atoms with Crippen LogP contribution in [-0.4, -0.2) is 24.4 Å². The third-order valence-corrected chi connectivity index (χ3v) is 2.31. The monoisotopic (exact) mass is 188 g/mol. The first-order valence-corrected chi connectivity index (χ1v) is 4.71. The van der Waals surface area contributed by atoms with E-state index in [1.165, 1.54) is 0 Å². The van der Waals surface area contributed by atoms with Gasteiger partial charge in [0, 0.05) is 13.1 Å². The molecule has 14 heavy (non-hydrogen) atoms. The highest BCUT2D eigenvalue weighted by molar-refractivity contribution is 5.72. The van der Waals surface area contributed by atoms with Crippen molar-refractivity contribution in [3.05, 3.63) is 36.2 Å². The second-order valence-electron chi connectivity index (χ2n) is 3.27. The molecule has 1 aromatic heterocycles. The predicted octanol–water partition coefficient (Wildman–Crippen LogP) is 1.66. The second kappa shape index (κ2) is 4.05. The fourth-order valence-electron chi connectivity index (χ4n) is 1.53. The summed E-state index contributed by atoms with van der Waals surface area (Å²) in [6.45, 7) is 1.96. The Kier molecular flexibility index (Phi) is 2.58. The van der Waals surface area contributed by atoms with E-state index in [0.29, 0.717) is 5.69 Å². The Balaban J connectivity index is 2.15. The maximum absolute atomic E-state index is 10.4. The Bertz CT molecular complexity index is 343. The zero-order valence-electron chi connectivity index (χ0n) is 7.89. The summed E-state index contributed by atoms with van der Waals surface area (Å²) in [4.78, 5) is 16.7. The minimum Gasteiger partial charge on any atom is -0.366 e. The van der Waals surface area contributed by atoms with Crippen LogP contribution in [0.3, 0.4) is 0 Å². The molecule has 0 amide bonds. The van der Waals surface area contributed by atoms with Crippen LogP contribution < -0.4 is 4.90 Å². The molecule has 0 unspecified atom stereocenters. The van der Waals surface area contributed by atoms with Gasteiger partial charge in [-0.3, -0.25) is 9.78 Å². The summed E-state index contributed by atoms with van der Waals surface area (Å²) in [6, 6.07) is 3.69. The van der Waals surface area contributed by atoms with Gasteiger partial charge in [0.2, 0.25) is 0 Å². The minimum absolute atomic E-state index is 0.487. The lowest BCUT2D eigenvalue weighted by molar-refractivity contribution is 0.111. The van der Waals surface area contributed by atoms with Crippen LogP contribution in [-0.2, 0) is 0 Å². The summed E-state index contributed by atoms with van der Waals surface area (Å²) in [5.41, 5.74) is 1.57. The molecular formula is C11H12N2O. The van der Waals surface area contributed by atoms with Crippen molar-refractivity contribution in [1.29, 1.82) is 0 Å². The average Bonchev–Trinajstić information content (AvgIpc) is 2.30. The summed E-state index contributed by atoms with van der Waals surface area (Å²) < 4.78 is 0. The number of carbonyl (C=O) groups is 1. The lowest BCUT2D eigenvalue weighted by Crippen LogP contribution is -2.26. The van der Waals surface area contributed by atoms with Gasteiger partial charge in [-0.2, -0.15) is 0 Å². The molecule has 1 aliphatic heterocycles. The molecule has 1 aromatic rings. The molecule has 2 heterocycles. The van der Waals surface area contributed by atoms with E-state index in [0.717, 1.165) is 31.5 Å². The summed E-state index contributed by atoms with van der Waals surface area (Å²) in [6.07, 6.45) is 7.93. The van der Waals surface area contributed by atoms with Gasteiger partial charge in [-0.1, -0.05) is 12.2 Å². The highest BCUT2D eigenvalue weighted by atomic mass is 16.1. The highest BCUT2D eigenvalue weighted by Gasteiger charge is 2.06. The van der Waals surface area contributed by atoms with Gasteiger partial charge in [-0.05, 0) is 18.6 Å². The van der Waals surface area contributed by atoms with Crippen molar-refractivity contribution in [2.75, 3.05) is 18.0 Å². The van der Waals surface area contributed by atoms with E-state index in [2.05, 4.69) is 22.0 Å². The number of anilines is 1. The zero-order valence-corrected chi connectivity index (χ0v) is 7.89. The number of hydrogen-bond donors (Lipinski definition) is 0. The summed E-state index contributed by atoms with van der Waals surface area (Å²) in [5.74, 6) is 0. The van der Waals surface area contributed by atoms with E-state index >= 15 is 0 Å². The maximum atomic E-state index is 10.4. The van der Waals surface area contributed by atoms with Gasteiger partial charge in [-0.25, -0.2) is 0 Å². The van der Waals surface area contributed by atoms with E-state index < -0.39 is 0 Å². The Morgan fingerprint density at radius 3 is 2.86 bits per heavy atom. The van der Waals surface area contributed by atoms with Crippen LogP contribution in [0.4, 0.5) is 5.69 Å². The third kappa shape index (κ3) is 1.82. The molecule has 0 radical (unpaired) electrons. The van der Waals surface area contributed by atoms with Crippen molar-refractivity contribution in [2.45, 2.75) is 6.42 Å². The zero-order chi connectivity index (χ0) is 9.80. The van der Waals surface area contributed by atoms with Crippen LogP contribution in [0.2, 0.25) is 0 Å². The van der Waals surface area contributed by atoms with Crippen LogP contribution in [0.1, 0.15) is 16.9 Å². The summed E-state index contributed by atoms with van der Waals surface area (Å²) >= 11 is 0. The van der Waals surface area contributed by atoms with Crippen LogP contribution in [0.15, 0.2) is 30.5 Å². The van der Waals surface area contributed by atoms with Gasteiger partial charge in [-0.15, -0.1) is 0 Å². The van der Waals surface area contributed by atoms with Crippen LogP contribution >= 0.6 is 0 Å². The fraction of sp³-hybridized carbons (Fsp3) is 0.273. The molecule has 72 valence electrons. The number of aldehydes is 1. The van der Waals surface area contributed by atoms with E-state index in [4.69, 9.17) is 0 Å². The molecule has 0 N–H and O–H groups in total. The molecule has 2 rings (SSSR count). The van der Waals surface area contributed by atoms with E-state index in [1.807, 2.05) is 6.07 Å². The molecule has 3 heteroatoms. The second-order valence-corrected chi connectivity index (χ2v) is 3.27. The lowest BCUT2D eigenvalue weighted by atomic mass is 10.2. The molecule has 0 aromatic carbocycles. The molecule has 0 aliphatic carbocycles. The van der Waals surface area contributed by atoms with Crippen LogP contribution in [0.5, 0.6) is 0 Å². The molecule has 0 spiro atoms. The molecular weight excluding hydrogens is 176 g/mol. The molecule has 0 saturated carbocycles. The van der Waals surface area contributed by atoms with Crippen molar-refractivity contribution in [3.63, 3.8) is 0 Å². The molecule has 0 fully saturated rings. The Labute approximate surface area is 83.1 Å². The van der Waals surface area contributed by atoms with Crippen molar-refractivity contribution in [2.24, 2.45) is 0 Å². The van der Waals surface area contributed by atoms with Gasteiger partial charge < -0.3 is 4.90 Å². The number of carbonyl (C=O) groups excluding carboxylic acids is 1. The molecule has 0 bridgehead atoms. The summed E-state index contributed by atoms with van der Waals surface area (Å²) in [7, 11) is 0. The minimum atomic E-state index is 0.487. The third-order valence-electron chi connectivity index (χ3n) is 2.31. The average molecular weight is 188 g/mol. The van der Waals surface area contributed by atoms with E-state index in [1.54, 1.807) is 12.3 Å². The normalized spacial score (nSPS) is 15.6. The summed E-state index contributed by atoms with van der Waals surface area (Å²) in [5, 5.41) is 0. The fourth-order valence-corrected chi connectivity index (χ4v) is 1.53. The smallest absolute Gasteiger partial charge is 0.168 e. The van der Waals surface area contributed by atoms with Gasteiger partial charge in [0.25, 0.3) is 0 Å². The number of aromatic nitrogens is 1. The molecule has 0 atom stereocenters. The quantitative estimate of drug-likeness (QED) is 0.522. The van der Waals surface area contributed by atoms with Crippen molar-refractivity contribution >= 4 is 12.0 Å². The topological polar surface area (TPSA) is 33.2 Å². The molecule has 0 saturated heterocycles. The van der Waals surface area contributed by atoms with Crippen molar-refractivity contribution in [3.8, 4) is 0 Å². The first-order chi connectivity index (χ1) is 6.90. The SMILES string of the molecule is O=Cc1ccc(N2CC=CCC2)cn1. The lowest BCUT2D eigenvalue weighted by Gasteiger charge is -2.25. The maximum Gasteiger partial charge on any atom is 0.168 e. The standard InChI is InChI=1S/C11H12N2O/c14-9-10-4-5-11(8-12-10)13-6-2-1-3-7-13/h1-2,4-5,8-9H,3,6-7H2. The van der Waals surface area contributed by atoms with Gasteiger partial charge in [0.1, 0.15) is 5.69 Å². The Hall–Kier alpha value is -1.64. The van der Waals surface area contributed by atoms with E-state index in [9.17, 15) is 4.79 Å². The molecule has 3 nitrogen and oxygen atoms in total. The van der Waals surface area contributed by atoms with E-state index in [-0.39, 0.29) is 0 Å². The van der Waals surface area contributed by atoms with Gasteiger partial charge >= 0.3 is 0 Å². The number of pyridine rings is 1. The Morgan fingerprint density at radius 2 is 2.29 bits per heavy atom. The van der Waals surface area contributed by atoms with Crippen LogP contribution in [0, 0.1) is 0 Å². The number of nitrogens with zero attached hydrogens (tertiary/aromatic N) is 2. The Morgan fingerprint density at radius 1 is 1.36 bits per heavy atom. The number of hydrogen-bond acceptors (Lipinski definition) is 3. The first-order valence-electron chi connectivity index (χ1n) is 4.71. The van der Waals surface area contributed by atoms with Gasteiger partial charge in [0.05, 0.1) is 11.9 Å². The van der Waals surface area contributed by atoms with Crippen molar-refractivity contribution in [1.82, 2.24) is 4.98 Å². The van der Waals surface area contributed by atoms with Crippen LogP contribution in [0.25, 0.3) is 0 Å². The predicted molar refractivity (Wildman–Crippen MR) is 55.6 cm³/mol. The van der Waals surface area contributed by atoms with Crippen molar-refractivity contribution < 1.29 is 4.79 Å². The largest absolute Gasteiger partial charge is 0.366 e. The van der Waals surface area contributed by atoms with Gasteiger partial charge in [0.15, 0.2) is 6.29 Å². The molecule has 1 aliphatic rings. The number of rotatable bonds is 2. The first kappa shape index (κ1) is 8.94.